The number of fused-ring (bicyclic) bond motifs is 2. The van der Waals surface area contributed by atoms with Crippen molar-refractivity contribution in [2.75, 3.05) is 0 Å². The van der Waals surface area contributed by atoms with Crippen LogP contribution >= 0.6 is 0 Å². The van der Waals surface area contributed by atoms with Crippen LogP contribution in [0.1, 0.15) is 29.9 Å². The fourth-order valence-corrected chi connectivity index (χ4v) is 4.45. The monoisotopic (exact) mass is 367 g/mol. The van der Waals surface area contributed by atoms with E-state index in [-0.39, 0.29) is 11.8 Å². The summed E-state index contributed by atoms with van der Waals surface area (Å²) in [4.78, 5) is 22.7. The predicted molar refractivity (Wildman–Crippen MR) is 97.8 cm³/mol. The first-order chi connectivity index (χ1) is 13.0. The van der Waals surface area contributed by atoms with E-state index in [1.165, 1.54) is 0 Å². The number of hydrogen-bond acceptors (Lipinski definition) is 4. The quantitative estimate of drug-likeness (QED) is 0.724. The van der Waals surface area contributed by atoms with Crippen LogP contribution in [0.3, 0.4) is 0 Å². The van der Waals surface area contributed by atoms with Gasteiger partial charge in [0.15, 0.2) is 0 Å². The van der Waals surface area contributed by atoms with E-state index < -0.39 is 29.8 Å². The Morgan fingerprint density at radius 3 is 2.04 bits per heavy atom. The Labute approximate surface area is 156 Å². The maximum Gasteiger partial charge on any atom is 0.320 e. The van der Waals surface area contributed by atoms with Crippen molar-refractivity contribution in [3.63, 3.8) is 0 Å². The summed E-state index contributed by atoms with van der Waals surface area (Å²) < 4.78 is 5.99. The smallest absolute Gasteiger partial charge is 0.320 e. The molecule has 1 fully saturated rings. The summed E-state index contributed by atoms with van der Waals surface area (Å²) in [7, 11) is 0. The molecule has 1 aliphatic carbocycles. The maximum atomic E-state index is 11.5. The Balaban J connectivity index is 1.57. The number of ether oxygens (including phenoxy) is 1. The van der Waals surface area contributed by atoms with Gasteiger partial charge < -0.3 is 20.7 Å². The van der Waals surface area contributed by atoms with Crippen LogP contribution in [0.15, 0.2) is 48.5 Å². The molecule has 0 saturated heterocycles. The van der Waals surface area contributed by atoms with Crippen LogP contribution in [0.4, 0.5) is 0 Å². The number of carbonyl (C=O) groups is 2. The van der Waals surface area contributed by atoms with E-state index in [1.54, 1.807) is 0 Å². The molecule has 140 valence electrons. The fraction of sp³-hybridized carbons (Fsp3) is 0.333. The standard InChI is InChI=1S/C21H21NO5/c22-19(21(25)26)17-14(18(17)20(23)24)10-9-11-12-5-1-3-7-15(12)27-16-8-4-2-6-13(11)16/h1-8,11,14,17-19H,9-10,22H2,(H,23,24)(H,25,26)/t14-,17+,18+,19?/m1/s1. The highest BCUT2D eigenvalue weighted by molar-refractivity contribution is 5.80. The van der Waals surface area contributed by atoms with Gasteiger partial charge in [-0.25, -0.2) is 0 Å². The minimum Gasteiger partial charge on any atom is -0.481 e. The van der Waals surface area contributed by atoms with Gasteiger partial charge >= 0.3 is 11.9 Å². The number of aliphatic carboxylic acids is 2. The Bertz CT molecular complexity index is 850. The summed E-state index contributed by atoms with van der Waals surface area (Å²) in [6, 6.07) is 14.5. The topological polar surface area (TPSA) is 110 Å². The molecule has 0 bridgehead atoms. The Morgan fingerprint density at radius 2 is 1.52 bits per heavy atom. The molecule has 2 aliphatic rings. The molecule has 2 aromatic rings. The van der Waals surface area contributed by atoms with E-state index in [2.05, 4.69) is 0 Å². The minimum absolute atomic E-state index is 0.0860. The summed E-state index contributed by atoms with van der Waals surface area (Å²) in [5.41, 5.74) is 7.86. The average Bonchev–Trinajstić information content (AvgIpc) is 3.38. The van der Waals surface area contributed by atoms with E-state index in [0.717, 1.165) is 22.6 Å². The van der Waals surface area contributed by atoms with Crippen molar-refractivity contribution < 1.29 is 24.5 Å². The first kappa shape index (κ1) is 17.5. The molecule has 4 N–H and O–H groups in total. The highest BCUT2D eigenvalue weighted by Gasteiger charge is 2.59. The third-order valence-electron chi connectivity index (χ3n) is 5.81. The predicted octanol–water partition coefficient (Wildman–Crippen LogP) is 3.06. The van der Waals surface area contributed by atoms with Crippen molar-refractivity contribution in [1.29, 1.82) is 0 Å². The second-order valence-electron chi connectivity index (χ2n) is 7.28. The van der Waals surface area contributed by atoms with Gasteiger partial charge in [0.2, 0.25) is 0 Å². The Kier molecular flexibility index (Phi) is 4.36. The van der Waals surface area contributed by atoms with Gasteiger partial charge in [-0.3, -0.25) is 9.59 Å². The SMILES string of the molecule is NC(C(=O)O)[C@H]1[C@@H](CCC2c3ccccc3Oc3ccccc32)[C@@H]1C(=O)O. The lowest BCUT2D eigenvalue weighted by Gasteiger charge is -2.28. The zero-order valence-corrected chi connectivity index (χ0v) is 14.6. The molecule has 0 aromatic heterocycles. The molecule has 4 atom stereocenters. The molecule has 1 unspecified atom stereocenters. The molecule has 1 saturated carbocycles. The third-order valence-corrected chi connectivity index (χ3v) is 5.81. The normalized spacial score (nSPS) is 24.3. The van der Waals surface area contributed by atoms with Gasteiger partial charge in [-0.05, 0) is 30.9 Å². The second-order valence-corrected chi connectivity index (χ2v) is 7.28. The number of carboxylic acid groups (broad SMARTS) is 2. The molecular weight excluding hydrogens is 346 g/mol. The summed E-state index contributed by atoms with van der Waals surface area (Å²) in [6.07, 6.45) is 1.32. The molecule has 27 heavy (non-hydrogen) atoms. The summed E-state index contributed by atoms with van der Waals surface area (Å²) in [5.74, 6) is -1.80. The van der Waals surface area contributed by atoms with E-state index in [4.69, 9.17) is 15.6 Å². The third kappa shape index (κ3) is 3.06. The summed E-state index contributed by atoms with van der Waals surface area (Å²) in [6.45, 7) is 0. The van der Waals surface area contributed by atoms with Gasteiger partial charge in [-0.15, -0.1) is 0 Å². The van der Waals surface area contributed by atoms with Crippen molar-refractivity contribution in [3.05, 3.63) is 59.7 Å². The lowest BCUT2D eigenvalue weighted by atomic mass is 9.84. The van der Waals surface area contributed by atoms with Crippen LogP contribution in [-0.2, 0) is 9.59 Å². The van der Waals surface area contributed by atoms with E-state index in [1.807, 2.05) is 48.5 Å². The number of rotatable bonds is 6. The number of nitrogens with two attached hydrogens (primary N) is 1. The van der Waals surface area contributed by atoms with Crippen molar-refractivity contribution in [2.45, 2.75) is 24.8 Å². The molecule has 1 heterocycles. The van der Waals surface area contributed by atoms with E-state index in [9.17, 15) is 14.7 Å². The van der Waals surface area contributed by atoms with Crippen LogP contribution in [0.5, 0.6) is 11.5 Å². The number of carboxylic acids is 2. The highest BCUT2D eigenvalue weighted by atomic mass is 16.5. The van der Waals surface area contributed by atoms with Crippen molar-refractivity contribution in [2.24, 2.45) is 23.5 Å². The summed E-state index contributed by atoms with van der Waals surface area (Å²) >= 11 is 0. The van der Waals surface area contributed by atoms with Gasteiger partial charge in [0.05, 0.1) is 5.92 Å². The molecule has 6 nitrogen and oxygen atoms in total. The number of hydrogen-bond donors (Lipinski definition) is 3. The lowest BCUT2D eigenvalue weighted by molar-refractivity contribution is -0.140. The Hall–Kier alpha value is -2.86. The van der Waals surface area contributed by atoms with Crippen LogP contribution in [-0.4, -0.2) is 28.2 Å². The van der Waals surface area contributed by atoms with Gasteiger partial charge in [-0.2, -0.15) is 0 Å². The van der Waals surface area contributed by atoms with Gasteiger partial charge in [-0.1, -0.05) is 36.4 Å². The van der Waals surface area contributed by atoms with E-state index in [0.29, 0.717) is 12.8 Å². The highest BCUT2D eigenvalue weighted by Crippen LogP contribution is 2.54. The van der Waals surface area contributed by atoms with Gasteiger partial charge in [0, 0.05) is 23.0 Å². The van der Waals surface area contributed by atoms with Gasteiger partial charge in [0.1, 0.15) is 17.5 Å². The number of para-hydroxylation sites is 2. The molecule has 4 rings (SSSR count). The summed E-state index contributed by atoms with van der Waals surface area (Å²) in [5, 5.41) is 18.6. The molecule has 0 radical (unpaired) electrons. The number of benzene rings is 2. The maximum absolute atomic E-state index is 11.5. The van der Waals surface area contributed by atoms with Crippen molar-refractivity contribution >= 4 is 11.9 Å². The lowest BCUT2D eigenvalue weighted by Crippen LogP contribution is -2.34. The largest absolute Gasteiger partial charge is 0.481 e. The zero-order chi connectivity index (χ0) is 19.1. The van der Waals surface area contributed by atoms with Crippen molar-refractivity contribution in [1.82, 2.24) is 0 Å². The Morgan fingerprint density at radius 1 is 0.963 bits per heavy atom. The van der Waals surface area contributed by atoms with Crippen molar-refractivity contribution in [3.8, 4) is 11.5 Å². The zero-order valence-electron chi connectivity index (χ0n) is 14.6. The molecule has 0 amide bonds. The fourth-order valence-electron chi connectivity index (χ4n) is 4.45. The van der Waals surface area contributed by atoms with Crippen LogP contribution in [0.25, 0.3) is 0 Å². The van der Waals surface area contributed by atoms with Gasteiger partial charge in [0.25, 0.3) is 0 Å². The first-order valence-corrected chi connectivity index (χ1v) is 9.06. The molecule has 6 heteroatoms. The second kappa shape index (κ2) is 6.70. The molecule has 2 aromatic carbocycles. The van der Waals surface area contributed by atoms with Crippen LogP contribution < -0.4 is 10.5 Å². The van der Waals surface area contributed by atoms with Crippen LogP contribution in [0.2, 0.25) is 0 Å². The van der Waals surface area contributed by atoms with E-state index >= 15 is 0 Å². The molecule has 1 aliphatic heterocycles. The average molecular weight is 367 g/mol. The first-order valence-electron chi connectivity index (χ1n) is 9.06. The molecule has 0 spiro atoms. The minimum atomic E-state index is -1.14. The molecular formula is C21H21NO5. The van der Waals surface area contributed by atoms with Crippen LogP contribution in [0, 0.1) is 17.8 Å².